The zero-order chi connectivity index (χ0) is 25.0. The highest BCUT2D eigenvalue weighted by atomic mass is 35.5. The molecule has 182 valence electrons. The van der Waals surface area contributed by atoms with Crippen LogP contribution in [-0.2, 0) is 4.79 Å². The van der Waals surface area contributed by atoms with Gasteiger partial charge in [-0.1, -0.05) is 18.2 Å². The number of imidazole rings is 1. The van der Waals surface area contributed by atoms with Crippen LogP contribution >= 0.6 is 11.6 Å². The van der Waals surface area contributed by atoms with Gasteiger partial charge in [0.05, 0.1) is 25.3 Å². The number of benzene rings is 1. The van der Waals surface area contributed by atoms with E-state index < -0.39 is 36.0 Å². The normalized spacial score (nSPS) is 13.4. The SMILES string of the molecule is CCN(C(=O)NC(CC(=O)Cl)C(F)(F)F)C(C)c1cccc(-c2cn3ccnc3c(OC)n2)c1. The lowest BCUT2D eigenvalue weighted by atomic mass is 10.0. The Kier molecular flexibility index (Phi) is 7.65. The molecule has 3 rings (SSSR count). The number of hydrogen-bond acceptors (Lipinski definition) is 5. The number of amides is 2. The highest BCUT2D eigenvalue weighted by Gasteiger charge is 2.42. The molecule has 8 nitrogen and oxygen atoms in total. The van der Waals surface area contributed by atoms with Crippen molar-refractivity contribution in [2.75, 3.05) is 13.7 Å². The molecule has 0 aliphatic rings. The summed E-state index contributed by atoms with van der Waals surface area (Å²) in [5, 5.41) is 0.696. The van der Waals surface area contributed by atoms with Crippen molar-refractivity contribution >= 4 is 28.5 Å². The third-order valence-electron chi connectivity index (χ3n) is 5.33. The zero-order valence-electron chi connectivity index (χ0n) is 18.6. The third kappa shape index (κ3) is 5.58. The number of rotatable bonds is 8. The molecule has 0 radical (unpaired) electrons. The average Bonchev–Trinajstić information content (AvgIpc) is 3.26. The van der Waals surface area contributed by atoms with Crippen molar-refractivity contribution in [3.05, 3.63) is 48.4 Å². The standard InChI is InChI=1S/C22H23ClF3N5O3/c1-4-31(21(33)29-17(11-18(23)32)22(24,25)26)13(2)14-6-5-7-15(10-14)16-12-30-9-8-27-19(30)20(28-16)34-3/h5-10,12-13,17H,4,11H2,1-3H3,(H,29,33). The van der Waals surface area contributed by atoms with E-state index in [-0.39, 0.29) is 6.54 Å². The second-order valence-corrected chi connectivity index (χ2v) is 7.91. The Labute approximate surface area is 198 Å². The van der Waals surface area contributed by atoms with Crippen molar-refractivity contribution in [3.63, 3.8) is 0 Å². The lowest BCUT2D eigenvalue weighted by Crippen LogP contribution is -2.51. The number of nitrogens with zero attached hydrogens (tertiary/aromatic N) is 4. The number of carbonyl (C=O) groups is 2. The summed E-state index contributed by atoms with van der Waals surface area (Å²) in [5.41, 5.74) is 2.54. The Hall–Kier alpha value is -3.34. The van der Waals surface area contributed by atoms with Gasteiger partial charge in [0.15, 0.2) is 5.65 Å². The van der Waals surface area contributed by atoms with Crippen molar-refractivity contribution in [3.8, 4) is 17.1 Å². The lowest BCUT2D eigenvalue weighted by molar-refractivity contribution is -0.157. The fraction of sp³-hybridized carbons (Fsp3) is 0.364. The Morgan fingerprint density at radius 2 is 2.06 bits per heavy atom. The van der Waals surface area contributed by atoms with Gasteiger partial charge >= 0.3 is 12.2 Å². The number of fused-ring (bicyclic) bond motifs is 1. The molecule has 1 N–H and O–H groups in total. The quantitative estimate of drug-likeness (QED) is 0.460. The average molecular weight is 498 g/mol. The summed E-state index contributed by atoms with van der Waals surface area (Å²) < 4.78 is 46.8. The number of carbonyl (C=O) groups excluding carboxylic acids is 2. The molecule has 2 heterocycles. The van der Waals surface area contributed by atoms with E-state index in [2.05, 4.69) is 9.97 Å². The number of halogens is 4. The van der Waals surface area contributed by atoms with E-state index in [1.54, 1.807) is 55.0 Å². The van der Waals surface area contributed by atoms with Crippen molar-refractivity contribution in [2.45, 2.75) is 38.5 Å². The molecule has 2 aromatic heterocycles. The molecule has 0 aliphatic carbocycles. The van der Waals surface area contributed by atoms with E-state index in [0.717, 1.165) is 5.56 Å². The molecule has 0 saturated carbocycles. The van der Waals surface area contributed by atoms with E-state index >= 15 is 0 Å². The Morgan fingerprint density at radius 3 is 2.68 bits per heavy atom. The minimum Gasteiger partial charge on any atom is -0.478 e. The van der Waals surface area contributed by atoms with Gasteiger partial charge in [-0.05, 0) is 37.1 Å². The van der Waals surface area contributed by atoms with Crippen LogP contribution in [0.3, 0.4) is 0 Å². The summed E-state index contributed by atoms with van der Waals surface area (Å²) in [6.07, 6.45) is -0.731. The van der Waals surface area contributed by atoms with Crippen LogP contribution in [0.4, 0.5) is 18.0 Å². The first kappa shape index (κ1) is 25.3. The molecule has 34 heavy (non-hydrogen) atoms. The van der Waals surface area contributed by atoms with E-state index in [4.69, 9.17) is 16.3 Å². The molecule has 0 saturated heterocycles. The van der Waals surface area contributed by atoms with E-state index in [0.29, 0.717) is 22.8 Å². The summed E-state index contributed by atoms with van der Waals surface area (Å²) in [6.45, 7) is 3.48. The first-order valence-electron chi connectivity index (χ1n) is 10.3. The molecule has 3 aromatic rings. The third-order valence-corrected chi connectivity index (χ3v) is 5.48. The highest BCUT2D eigenvalue weighted by Crippen LogP contribution is 2.29. The van der Waals surface area contributed by atoms with Gasteiger partial charge in [-0.2, -0.15) is 13.2 Å². The molecule has 12 heteroatoms. The maximum atomic E-state index is 13.3. The molecule has 2 unspecified atom stereocenters. The van der Waals surface area contributed by atoms with E-state index in [1.807, 2.05) is 11.4 Å². The number of ether oxygens (including phenoxy) is 1. The number of methoxy groups -OCH3 is 1. The monoisotopic (exact) mass is 497 g/mol. The summed E-state index contributed by atoms with van der Waals surface area (Å²) >= 11 is 5.14. The maximum Gasteiger partial charge on any atom is 0.409 e. The van der Waals surface area contributed by atoms with Crippen molar-refractivity contribution in [2.24, 2.45) is 0 Å². The summed E-state index contributed by atoms with van der Waals surface area (Å²) in [6, 6.07) is 3.24. The van der Waals surface area contributed by atoms with Crippen LogP contribution < -0.4 is 10.1 Å². The first-order valence-corrected chi connectivity index (χ1v) is 10.7. The summed E-state index contributed by atoms with van der Waals surface area (Å²) in [4.78, 5) is 33.7. The summed E-state index contributed by atoms with van der Waals surface area (Å²) in [7, 11) is 1.49. The number of nitrogens with one attached hydrogen (secondary N) is 1. The molecule has 0 aliphatic heterocycles. The number of alkyl halides is 3. The van der Waals surface area contributed by atoms with Crippen LogP contribution in [0.2, 0.25) is 0 Å². The molecule has 0 fully saturated rings. The highest BCUT2D eigenvalue weighted by molar-refractivity contribution is 6.63. The molecule has 0 spiro atoms. The Morgan fingerprint density at radius 1 is 1.32 bits per heavy atom. The van der Waals surface area contributed by atoms with Crippen molar-refractivity contribution in [1.29, 1.82) is 0 Å². The van der Waals surface area contributed by atoms with Crippen LogP contribution in [0, 0.1) is 0 Å². The fourth-order valence-electron chi connectivity index (χ4n) is 3.55. The van der Waals surface area contributed by atoms with Crippen LogP contribution in [0.5, 0.6) is 5.88 Å². The second kappa shape index (κ2) is 10.3. The van der Waals surface area contributed by atoms with Gasteiger partial charge in [0.1, 0.15) is 6.04 Å². The summed E-state index contributed by atoms with van der Waals surface area (Å²) in [5.74, 6) is 0.336. The maximum absolute atomic E-state index is 13.3. The van der Waals surface area contributed by atoms with Gasteiger partial charge in [-0.25, -0.2) is 14.8 Å². The molecule has 0 bridgehead atoms. The number of hydrogen-bond donors (Lipinski definition) is 1. The molecular weight excluding hydrogens is 475 g/mol. The fourth-order valence-corrected chi connectivity index (χ4v) is 3.71. The predicted octanol–water partition coefficient (Wildman–Crippen LogP) is 4.58. The predicted molar refractivity (Wildman–Crippen MR) is 120 cm³/mol. The van der Waals surface area contributed by atoms with Gasteiger partial charge < -0.3 is 19.4 Å². The Balaban J connectivity index is 1.87. The van der Waals surface area contributed by atoms with Crippen molar-refractivity contribution in [1.82, 2.24) is 24.6 Å². The van der Waals surface area contributed by atoms with Gasteiger partial charge in [0.25, 0.3) is 5.88 Å². The molecule has 2 amide bonds. The van der Waals surface area contributed by atoms with Gasteiger partial charge in [0, 0.05) is 30.7 Å². The molecular formula is C22H23ClF3N5O3. The van der Waals surface area contributed by atoms with Crippen LogP contribution in [0.25, 0.3) is 16.9 Å². The van der Waals surface area contributed by atoms with Gasteiger partial charge in [-0.3, -0.25) is 4.79 Å². The Bertz CT molecular complexity index is 1180. The zero-order valence-corrected chi connectivity index (χ0v) is 19.4. The first-order chi connectivity index (χ1) is 16.0. The topological polar surface area (TPSA) is 88.8 Å². The van der Waals surface area contributed by atoms with Gasteiger partial charge in [-0.15, -0.1) is 0 Å². The van der Waals surface area contributed by atoms with E-state index in [1.165, 1.54) is 12.0 Å². The van der Waals surface area contributed by atoms with Crippen LogP contribution in [0.15, 0.2) is 42.9 Å². The van der Waals surface area contributed by atoms with Crippen LogP contribution in [-0.4, -0.2) is 56.4 Å². The largest absolute Gasteiger partial charge is 0.478 e. The smallest absolute Gasteiger partial charge is 0.409 e. The van der Waals surface area contributed by atoms with E-state index in [9.17, 15) is 22.8 Å². The van der Waals surface area contributed by atoms with Crippen molar-refractivity contribution < 1.29 is 27.5 Å². The lowest BCUT2D eigenvalue weighted by Gasteiger charge is -2.31. The number of aromatic nitrogens is 3. The minimum absolute atomic E-state index is 0.129. The van der Waals surface area contributed by atoms with Crippen LogP contribution in [0.1, 0.15) is 31.9 Å². The van der Waals surface area contributed by atoms with Gasteiger partial charge in [0.2, 0.25) is 5.24 Å². The number of urea groups is 1. The second-order valence-electron chi connectivity index (χ2n) is 7.48. The molecule has 2 atom stereocenters. The minimum atomic E-state index is -4.82. The molecule has 1 aromatic carbocycles.